The number of phenolic OH excluding ortho intramolecular Hbond substituents is 1. The molecule has 0 heterocycles. The molecule has 3 aromatic carbocycles. The Bertz CT molecular complexity index is 792. The molecule has 0 amide bonds. The summed E-state index contributed by atoms with van der Waals surface area (Å²) in [7, 11) is 0. The van der Waals surface area contributed by atoms with Crippen molar-refractivity contribution in [2.45, 2.75) is 6.92 Å². The van der Waals surface area contributed by atoms with E-state index in [4.69, 9.17) is 23.2 Å². The Balaban J connectivity index is 2.43. The molecule has 0 aliphatic carbocycles. The zero-order chi connectivity index (χ0) is 14.3. The Morgan fingerprint density at radius 3 is 2.10 bits per heavy atom. The first-order valence-electron chi connectivity index (χ1n) is 6.25. The lowest BCUT2D eigenvalue weighted by atomic mass is 9.95. The van der Waals surface area contributed by atoms with Crippen molar-refractivity contribution in [1.82, 2.24) is 0 Å². The highest BCUT2D eigenvalue weighted by molar-refractivity contribution is 6.36. The van der Waals surface area contributed by atoms with Gasteiger partial charge in [-0.05, 0) is 30.0 Å². The van der Waals surface area contributed by atoms with Gasteiger partial charge in [0.25, 0.3) is 0 Å². The number of rotatable bonds is 1. The summed E-state index contributed by atoms with van der Waals surface area (Å²) in [6.45, 7) is 1.82. The molecule has 3 rings (SSSR count). The van der Waals surface area contributed by atoms with Gasteiger partial charge in [0.2, 0.25) is 0 Å². The molecular weight excluding hydrogens is 291 g/mol. The van der Waals surface area contributed by atoms with Crippen molar-refractivity contribution < 1.29 is 5.11 Å². The summed E-state index contributed by atoms with van der Waals surface area (Å²) >= 11 is 12.4. The standard InChI is InChI=1S/C17H12Cl2O/c1-10-16(19)15(11-6-8-12(18)9-7-11)13-4-2-3-5-14(13)17(10)20/h2-9,20H,1H3. The van der Waals surface area contributed by atoms with Gasteiger partial charge in [0.15, 0.2) is 0 Å². The van der Waals surface area contributed by atoms with Crippen LogP contribution in [0.5, 0.6) is 5.75 Å². The Labute approximate surface area is 127 Å². The molecule has 3 aromatic rings. The first-order chi connectivity index (χ1) is 9.59. The molecule has 0 aromatic heterocycles. The number of phenols is 1. The Hall–Kier alpha value is -1.70. The topological polar surface area (TPSA) is 20.2 Å². The number of halogens is 2. The predicted octanol–water partition coefficient (Wildman–Crippen LogP) is 5.83. The predicted molar refractivity (Wildman–Crippen MR) is 85.8 cm³/mol. The van der Waals surface area contributed by atoms with Crippen LogP contribution in [-0.2, 0) is 0 Å². The van der Waals surface area contributed by atoms with Gasteiger partial charge < -0.3 is 5.11 Å². The van der Waals surface area contributed by atoms with E-state index in [9.17, 15) is 5.11 Å². The molecule has 0 unspecified atom stereocenters. The quantitative estimate of drug-likeness (QED) is 0.600. The lowest BCUT2D eigenvalue weighted by molar-refractivity contribution is 0.477. The number of fused-ring (bicyclic) bond motifs is 1. The molecule has 0 saturated carbocycles. The zero-order valence-corrected chi connectivity index (χ0v) is 12.3. The van der Waals surface area contributed by atoms with Crippen LogP contribution >= 0.6 is 23.2 Å². The van der Waals surface area contributed by atoms with Crippen LogP contribution in [0.25, 0.3) is 21.9 Å². The highest BCUT2D eigenvalue weighted by Crippen LogP contribution is 2.43. The van der Waals surface area contributed by atoms with Crippen molar-refractivity contribution in [2.24, 2.45) is 0 Å². The summed E-state index contributed by atoms with van der Waals surface area (Å²) in [6.07, 6.45) is 0. The maximum Gasteiger partial charge on any atom is 0.127 e. The molecule has 0 atom stereocenters. The summed E-state index contributed by atoms with van der Waals surface area (Å²) in [5.74, 6) is 0.239. The second kappa shape index (κ2) is 5.01. The van der Waals surface area contributed by atoms with Gasteiger partial charge in [-0.15, -0.1) is 0 Å². The minimum atomic E-state index is 0.239. The van der Waals surface area contributed by atoms with Crippen LogP contribution in [0.4, 0.5) is 0 Å². The second-order valence-electron chi connectivity index (χ2n) is 4.72. The fraction of sp³-hybridized carbons (Fsp3) is 0.0588. The smallest absolute Gasteiger partial charge is 0.127 e. The SMILES string of the molecule is Cc1c(Cl)c(-c2ccc(Cl)cc2)c2ccccc2c1O. The molecule has 1 nitrogen and oxygen atoms in total. The van der Waals surface area contributed by atoms with E-state index in [0.29, 0.717) is 15.6 Å². The van der Waals surface area contributed by atoms with Crippen molar-refractivity contribution in [2.75, 3.05) is 0 Å². The third-order valence-corrected chi connectivity index (χ3v) is 4.21. The maximum atomic E-state index is 10.2. The third kappa shape index (κ3) is 2.04. The summed E-state index contributed by atoms with van der Waals surface area (Å²) < 4.78 is 0. The Morgan fingerprint density at radius 1 is 0.850 bits per heavy atom. The first kappa shape index (κ1) is 13.3. The molecule has 0 aliphatic heterocycles. The summed E-state index contributed by atoms with van der Waals surface area (Å²) in [5, 5.41) is 13.2. The molecule has 20 heavy (non-hydrogen) atoms. The lowest BCUT2D eigenvalue weighted by Gasteiger charge is -2.14. The normalized spacial score (nSPS) is 10.9. The lowest BCUT2D eigenvalue weighted by Crippen LogP contribution is -1.88. The maximum absolute atomic E-state index is 10.2. The average Bonchev–Trinajstić information content (AvgIpc) is 2.47. The van der Waals surface area contributed by atoms with E-state index < -0.39 is 0 Å². The van der Waals surface area contributed by atoms with Crippen molar-refractivity contribution in [3.63, 3.8) is 0 Å². The zero-order valence-electron chi connectivity index (χ0n) is 10.8. The monoisotopic (exact) mass is 302 g/mol. The van der Waals surface area contributed by atoms with Gasteiger partial charge in [0, 0.05) is 21.5 Å². The van der Waals surface area contributed by atoms with Crippen LogP contribution in [0.15, 0.2) is 48.5 Å². The molecule has 0 bridgehead atoms. The van der Waals surface area contributed by atoms with Crippen molar-refractivity contribution >= 4 is 34.0 Å². The van der Waals surface area contributed by atoms with E-state index in [2.05, 4.69) is 0 Å². The highest BCUT2D eigenvalue weighted by atomic mass is 35.5. The third-order valence-electron chi connectivity index (χ3n) is 3.49. The van der Waals surface area contributed by atoms with Gasteiger partial charge in [0.1, 0.15) is 5.75 Å². The number of hydrogen-bond donors (Lipinski definition) is 1. The summed E-state index contributed by atoms with van der Waals surface area (Å²) in [5.41, 5.74) is 2.60. The van der Waals surface area contributed by atoms with Gasteiger partial charge in [-0.25, -0.2) is 0 Å². The summed E-state index contributed by atoms with van der Waals surface area (Å²) in [6, 6.07) is 15.2. The molecular formula is C17H12Cl2O. The number of aromatic hydroxyl groups is 1. The first-order valence-corrected chi connectivity index (χ1v) is 7.01. The van der Waals surface area contributed by atoms with Crippen molar-refractivity contribution in [3.8, 4) is 16.9 Å². The fourth-order valence-electron chi connectivity index (χ4n) is 2.42. The average molecular weight is 303 g/mol. The van der Waals surface area contributed by atoms with Crippen molar-refractivity contribution in [1.29, 1.82) is 0 Å². The van der Waals surface area contributed by atoms with Crippen LogP contribution in [0.1, 0.15) is 5.56 Å². The fourth-order valence-corrected chi connectivity index (χ4v) is 2.84. The molecule has 0 radical (unpaired) electrons. The molecule has 0 saturated heterocycles. The molecule has 1 N–H and O–H groups in total. The van der Waals surface area contributed by atoms with E-state index in [1.54, 1.807) is 0 Å². The highest BCUT2D eigenvalue weighted by Gasteiger charge is 2.16. The molecule has 0 spiro atoms. The van der Waals surface area contributed by atoms with Gasteiger partial charge in [0.05, 0.1) is 5.02 Å². The van der Waals surface area contributed by atoms with Crippen LogP contribution in [0.3, 0.4) is 0 Å². The van der Waals surface area contributed by atoms with Gasteiger partial charge in [-0.1, -0.05) is 59.6 Å². The Morgan fingerprint density at radius 2 is 1.45 bits per heavy atom. The van der Waals surface area contributed by atoms with Gasteiger partial charge in [-0.3, -0.25) is 0 Å². The van der Waals surface area contributed by atoms with Crippen molar-refractivity contribution in [3.05, 3.63) is 64.1 Å². The van der Waals surface area contributed by atoms with E-state index in [1.165, 1.54) is 0 Å². The van der Waals surface area contributed by atoms with E-state index in [-0.39, 0.29) is 5.75 Å². The molecule has 3 heteroatoms. The summed E-state index contributed by atoms with van der Waals surface area (Å²) in [4.78, 5) is 0. The van der Waals surface area contributed by atoms with Crippen LogP contribution < -0.4 is 0 Å². The van der Waals surface area contributed by atoms with E-state index in [0.717, 1.165) is 21.9 Å². The minimum absolute atomic E-state index is 0.239. The molecule has 100 valence electrons. The van der Waals surface area contributed by atoms with Gasteiger partial charge >= 0.3 is 0 Å². The van der Waals surface area contributed by atoms with Crippen LogP contribution in [-0.4, -0.2) is 5.11 Å². The Kier molecular flexibility index (Phi) is 3.33. The second-order valence-corrected chi connectivity index (χ2v) is 5.53. The molecule has 0 fully saturated rings. The number of hydrogen-bond acceptors (Lipinski definition) is 1. The largest absolute Gasteiger partial charge is 0.507 e. The van der Waals surface area contributed by atoms with E-state index >= 15 is 0 Å². The van der Waals surface area contributed by atoms with Gasteiger partial charge in [-0.2, -0.15) is 0 Å². The molecule has 0 aliphatic rings. The van der Waals surface area contributed by atoms with E-state index in [1.807, 2.05) is 55.5 Å². The van der Waals surface area contributed by atoms with Crippen LogP contribution in [0, 0.1) is 6.92 Å². The number of benzene rings is 3. The minimum Gasteiger partial charge on any atom is -0.507 e. The van der Waals surface area contributed by atoms with Crippen LogP contribution in [0.2, 0.25) is 10.0 Å².